The fourth-order valence-corrected chi connectivity index (χ4v) is 2.21. The van der Waals surface area contributed by atoms with Crippen molar-refractivity contribution in [3.63, 3.8) is 0 Å². The molecule has 0 spiro atoms. The molecule has 1 aromatic carbocycles. The fourth-order valence-electron chi connectivity index (χ4n) is 2.21. The minimum atomic E-state index is 0.209. The molecule has 14 heavy (non-hydrogen) atoms. The summed E-state index contributed by atoms with van der Waals surface area (Å²) in [6.07, 6.45) is 1.23. The first kappa shape index (κ1) is 9.69. The predicted octanol–water partition coefficient (Wildman–Crippen LogP) is 1.64. The van der Waals surface area contributed by atoms with Crippen LogP contribution >= 0.6 is 0 Å². The first-order valence-electron chi connectivity index (χ1n) is 5.26. The maximum Gasteiger partial charge on any atom is 0.0336 e. The van der Waals surface area contributed by atoms with Crippen LogP contribution in [-0.4, -0.2) is 25.0 Å². The van der Waals surface area contributed by atoms with Crippen LogP contribution in [0.5, 0.6) is 0 Å². The SMILES string of the molecule is CN1CC[C@@H](C(N)c2ccccc2)C1. The molecule has 0 aliphatic carbocycles. The molecule has 0 radical (unpaired) electrons. The quantitative estimate of drug-likeness (QED) is 0.768. The zero-order valence-electron chi connectivity index (χ0n) is 8.69. The molecule has 1 unspecified atom stereocenters. The van der Waals surface area contributed by atoms with E-state index < -0.39 is 0 Å². The average molecular weight is 190 g/mol. The molecule has 0 amide bonds. The van der Waals surface area contributed by atoms with Crippen LogP contribution in [0.4, 0.5) is 0 Å². The molecular weight excluding hydrogens is 172 g/mol. The highest BCUT2D eigenvalue weighted by Gasteiger charge is 2.25. The number of likely N-dealkylation sites (tertiary alicyclic amines) is 1. The van der Waals surface area contributed by atoms with Crippen molar-refractivity contribution in [2.45, 2.75) is 12.5 Å². The van der Waals surface area contributed by atoms with Gasteiger partial charge in [-0.15, -0.1) is 0 Å². The maximum atomic E-state index is 6.24. The summed E-state index contributed by atoms with van der Waals surface area (Å²) in [5.74, 6) is 0.627. The predicted molar refractivity (Wildman–Crippen MR) is 59.0 cm³/mol. The lowest BCUT2D eigenvalue weighted by molar-refractivity contribution is 0.372. The van der Waals surface area contributed by atoms with Crippen molar-refractivity contribution in [2.75, 3.05) is 20.1 Å². The number of rotatable bonds is 2. The summed E-state index contributed by atoms with van der Waals surface area (Å²) in [5.41, 5.74) is 7.51. The van der Waals surface area contributed by atoms with Crippen LogP contribution in [0.1, 0.15) is 18.0 Å². The molecule has 1 heterocycles. The topological polar surface area (TPSA) is 29.3 Å². The Labute approximate surface area is 85.7 Å². The van der Waals surface area contributed by atoms with E-state index in [9.17, 15) is 0 Å². The number of benzene rings is 1. The van der Waals surface area contributed by atoms with Gasteiger partial charge in [0, 0.05) is 12.6 Å². The van der Waals surface area contributed by atoms with Crippen molar-refractivity contribution in [3.05, 3.63) is 35.9 Å². The van der Waals surface area contributed by atoms with E-state index >= 15 is 0 Å². The number of hydrogen-bond acceptors (Lipinski definition) is 2. The lowest BCUT2D eigenvalue weighted by Gasteiger charge is -2.19. The van der Waals surface area contributed by atoms with Crippen molar-refractivity contribution in [3.8, 4) is 0 Å². The van der Waals surface area contributed by atoms with Gasteiger partial charge in [-0.1, -0.05) is 30.3 Å². The average Bonchev–Trinajstić information content (AvgIpc) is 2.65. The van der Waals surface area contributed by atoms with Crippen LogP contribution in [0.15, 0.2) is 30.3 Å². The second-order valence-corrected chi connectivity index (χ2v) is 4.25. The van der Waals surface area contributed by atoms with E-state index in [2.05, 4.69) is 36.2 Å². The molecule has 76 valence electrons. The van der Waals surface area contributed by atoms with Crippen LogP contribution < -0.4 is 5.73 Å². The Hall–Kier alpha value is -0.860. The summed E-state index contributed by atoms with van der Waals surface area (Å²) in [6, 6.07) is 10.6. The molecule has 2 rings (SSSR count). The molecule has 0 bridgehead atoms. The molecule has 2 nitrogen and oxygen atoms in total. The summed E-state index contributed by atoms with van der Waals surface area (Å²) in [6.45, 7) is 2.32. The van der Waals surface area contributed by atoms with Gasteiger partial charge in [-0.2, -0.15) is 0 Å². The van der Waals surface area contributed by atoms with Gasteiger partial charge in [0.1, 0.15) is 0 Å². The highest BCUT2D eigenvalue weighted by atomic mass is 15.1. The van der Waals surface area contributed by atoms with E-state index in [0.717, 1.165) is 6.54 Å². The van der Waals surface area contributed by atoms with Crippen LogP contribution in [0.2, 0.25) is 0 Å². The molecule has 1 aromatic rings. The van der Waals surface area contributed by atoms with E-state index in [0.29, 0.717) is 5.92 Å². The summed E-state index contributed by atoms with van der Waals surface area (Å²) >= 11 is 0. The van der Waals surface area contributed by atoms with Crippen molar-refractivity contribution < 1.29 is 0 Å². The monoisotopic (exact) mass is 190 g/mol. The molecule has 1 saturated heterocycles. The van der Waals surface area contributed by atoms with E-state index in [4.69, 9.17) is 5.73 Å². The van der Waals surface area contributed by atoms with Crippen LogP contribution in [0.25, 0.3) is 0 Å². The highest BCUT2D eigenvalue weighted by molar-refractivity contribution is 5.19. The zero-order valence-corrected chi connectivity index (χ0v) is 8.69. The third-order valence-electron chi connectivity index (χ3n) is 3.12. The second-order valence-electron chi connectivity index (χ2n) is 4.25. The maximum absolute atomic E-state index is 6.24. The van der Waals surface area contributed by atoms with Crippen molar-refractivity contribution >= 4 is 0 Å². The van der Waals surface area contributed by atoms with E-state index in [1.54, 1.807) is 0 Å². The van der Waals surface area contributed by atoms with Gasteiger partial charge in [-0.3, -0.25) is 0 Å². The van der Waals surface area contributed by atoms with Crippen molar-refractivity contribution in [2.24, 2.45) is 11.7 Å². The van der Waals surface area contributed by atoms with Gasteiger partial charge in [0.2, 0.25) is 0 Å². The Bertz CT molecular complexity index is 284. The smallest absolute Gasteiger partial charge is 0.0336 e. The Balaban J connectivity index is 2.05. The third kappa shape index (κ3) is 1.97. The molecule has 2 heteroatoms. The van der Waals surface area contributed by atoms with Crippen molar-refractivity contribution in [1.29, 1.82) is 0 Å². The number of hydrogen-bond donors (Lipinski definition) is 1. The fraction of sp³-hybridized carbons (Fsp3) is 0.500. The minimum absolute atomic E-state index is 0.209. The molecular formula is C12H18N2. The number of nitrogens with zero attached hydrogens (tertiary/aromatic N) is 1. The number of nitrogens with two attached hydrogens (primary N) is 1. The van der Waals surface area contributed by atoms with Crippen LogP contribution in [-0.2, 0) is 0 Å². The van der Waals surface area contributed by atoms with E-state index in [1.165, 1.54) is 18.5 Å². The van der Waals surface area contributed by atoms with Gasteiger partial charge in [0.15, 0.2) is 0 Å². The van der Waals surface area contributed by atoms with Gasteiger partial charge in [-0.25, -0.2) is 0 Å². The summed E-state index contributed by atoms with van der Waals surface area (Å²) in [4.78, 5) is 2.35. The van der Waals surface area contributed by atoms with Crippen LogP contribution in [0.3, 0.4) is 0 Å². The highest BCUT2D eigenvalue weighted by Crippen LogP contribution is 2.26. The van der Waals surface area contributed by atoms with E-state index in [-0.39, 0.29) is 6.04 Å². The normalized spacial score (nSPS) is 25.1. The Kier molecular flexibility index (Phi) is 2.85. The van der Waals surface area contributed by atoms with E-state index in [1.807, 2.05) is 6.07 Å². The molecule has 2 N–H and O–H groups in total. The summed E-state index contributed by atoms with van der Waals surface area (Å²) in [5, 5.41) is 0. The summed E-state index contributed by atoms with van der Waals surface area (Å²) in [7, 11) is 2.16. The Morgan fingerprint density at radius 1 is 1.36 bits per heavy atom. The lowest BCUT2D eigenvalue weighted by Crippen LogP contribution is -2.24. The Morgan fingerprint density at radius 3 is 2.64 bits per heavy atom. The van der Waals surface area contributed by atoms with Gasteiger partial charge < -0.3 is 10.6 Å². The summed E-state index contributed by atoms with van der Waals surface area (Å²) < 4.78 is 0. The second kappa shape index (κ2) is 4.11. The minimum Gasteiger partial charge on any atom is -0.324 e. The lowest BCUT2D eigenvalue weighted by atomic mass is 9.93. The van der Waals surface area contributed by atoms with Crippen LogP contribution in [0, 0.1) is 5.92 Å². The first-order valence-corrected chi connectivity index (χ1v) is 5.26. The third-order valence-corrected chi connectivity index (χ3v) is 3.12. The van der Waals surface area contributed by atoms with Gasteiger partial charge in [0.25, 0.3) is 0 Å². The molecule has 0 aromatic heterocycles. The largest absolute Gasteiger partial charge is 0.324 e. The van der Waals surface area contributed by atoms with Crippen molar-refractivity contribution in [1.82, 2.24) is 4.90 Å². The van der Waals surface area contributed by atoms with Gasteiger partial charge >= 0.3 is 0 Å². The zero-order chi connectivity index (χ0) is 9.97. The molecule has 2 atom stereocenters. The molecule has 1 aliphatic rings. The first-order chi connectivity index (χ1) is 6.77. The molecule has 1 fully saturated rings. The molecule has 0 saturated carbocycles. The van der Waals surface area contributed by atoms with Gasteiger partial charge in [-0.05, 0) is 31.5 Å². The Morgan fingerprint density at radius 2 is 2.07 bits per heavy atom. The standard InChI is InChI=1S/C12H18N2/c1-14-8-7-11(9-14)12(13)10-5-3-2-4-6-10/h2-6,11-12H,7-9,13H2,1H3/t11-,12?/m1/s1. The van der Waals surface area contributed by atoms with Gasteiger partial charge in [0.05, 0.1) is 0 Å². The molecule has 1 aliphatic heterocycles.